The smallest absolute Gasteiger partial charge is 0.228 e. The third-order valence-electron chi connectivity index (χ3n) is 2.35. The highest BCUT2D eigenvalue weighted by atomic mass is 127. The molecule has 0 spiro atoms. The molecule has 6 nitrogen and oxygen atoms in total. The molecule has 1 aromatic rings. The van der Waals surface area contributed by atoms with Gasteiger partial charge in [-0.3, -0.25) is 4.99 Å². The summed E-state index contributed by atoms with van der Waals surface area (Å²) in [5, 5.41) is 10.2. The lowest BCUT2D eigenvalue weighted by Gasteiger charge is -2.08. The highest BCUT2D eigenvalue weighted by Gasteiger charge is 2.08. The molecule has 0 bridgehead atoms. The highest BCUT2D eigenvalue weighted by Crippen LogP contribution is 2.09. The molecule has 0 aliphatic carbocycles. The van der Waals surface area contributed by atoms with Crippen molar-refractivity contribution in [3.8, 4) is 0 Å². The van der Waals surface area contributed by atoms with Gasteiger partial charge in [-0.15, -0.1) is 30.6 Å². The zero-order valence-electron chi connectivity index (χ0n) is 12.3. The SMILES string of the molecule is C=CCNC(=NCCc1nc(C(C)C)no1)NCC.I. The number of nitrogens with zero attached hydrogens (tertiary/aromatic N) is 3. The molecule has 7 heteroatoms. The minimum Gasteiger partial charge on any atom is -0.357 e. The van der Waals surface area contributed by atoms with Gasteiger partial charge in [0.25, 0.3) is 0 Å². The summed E-state index contributed by atoms with van der Waals surface area (Å²) in [6.07, 6.45) is 2.43. The summed E-state index contributed by atoms with van der Waals surface area (Å²) in [6.45, 7) is 11.9. The summed E-state index contributed by atoms with van der Waals surface area (Å²) in [4.78, 5) is 8.73. The van der Waals surface area contributed by atoms with Crippen LogP contribution in [0.1, 0.15) is 38.4 Å². The van der Waals surface area contributed by atoms with Gasteiger partial charge in [0, 0.05) is 25.4 Å². The summed E-state index contributed by atoms with van der Waals surface area (Å²) in [5.74, 6) is 2.43. The third kappa shape index (κ3) is 6.88. The number of guanidine groups is 1. The van der Waals surface area contributed by atoms with Gasteiger partial charge in [-0.25, -0.2) is 0 Å². The summed E-state index contributed by atoms with van der Waals surface area (Å²) in [5.41, 5.74) is 0. The maximum Gasteiger partial charge on any atom is 0.228 e. The van der Waals surface area contributed by atoms with Crippen LogP contribution in [0.2, 0.25) is 0 Å². The van der Waals surface area contributed by atoms with Gasteiger partial charge in [0.2, 0.25) is 5.89 Å². The van der Waals surface area contributed by atoms with E-state index in [0.29, 0.717) is 25.4 Å². The fourth-order valence-electron chi connectivity index (χ4n) is 1.38. The first-order valence-corrected chi connectivity index (χ1v) is 6.62. The van der Waals surface area contributed by atoms with Crippen LogP contribution in [-0.4, -0.2) is 35.7 Å². The Bertz CT molecular complexity index is 417. The second-order valence-electron chi connectivity index (χ2n) is 4.38. The maximum atomic E-state index is 5.16. The average Bonchev–Trinajstić information content (AvgIpc) is 2.85. The van der Waals surface area contributed by atoms with Crippen LogP contribution in [0, 0.1) is 0 Å². The van der Waals surface area contributed by atoms with E-state index in [9.17, 15) is 0 Å². The van der Waals surface area contributed by atoms with Crippen LogP contribution in [-0.2, 0) is 6.42 Å². The molecule has 0 amide bonds. The van der Waals surface area contributed by atoms with E-state index >= 15 is 0 Å². The van der Waals surface area contributed by atoms with E-state index in [1.54, 1.807) is 6.08 Å². The zero-order valence-corrected chi connectivity index (χ0v) is 14.7. The molecule has 1 aromatic heterocycles. The summed E-state index contributed by atoms with van der Waals surface area (Å²) < 4.78 is 5.16. The molecule has 0 fully saturated rings. The average molecular weight is 393 g/mol. The minimum atomic E-state index is 0. The Labute approximate surface area is 137 Å². The molecular weight excluding hydrogens is 369 g/mol. The van der Waals surface area contributed by atoms with Crippen LogP contribution in [0.25, 0.3) is 0 Å². The van der Waals surface area contributed by atoms with Gasteiger partial charge in [0.15, 0.2) is 11.8 Å². The van der Waals surface area contributed by atoms with E-state index in [1.807, 2.05) is 20.8 Å². The van der Waals surface area contributed by atoms with Crippen molar-refractivity contribution in [1.29, 1.82) is 0 Å². The van der Waals surface area contributed by atoms with Gasteiger partial charge in [0.1, 0.15) is 0 Å². The first-order chi connectivity index (χ1) is 9.17. The molecule has 1 rings (SSSR count). The van der Waals surface area contributed by atoms with E-state index < -0.39 is 0 Å². The van der Waals surface area contributed by atoms with Crippen molar-refractivity contribution in [3.05, 3.63) is 24.4 Å². The molecule has 0 saturated heterocycles. The molecule has 1 heterocycles. The summed E-state index contributed by atoms with van der Waals surface area (Å²) >= 11 is 0. The molecule has 0 radical (unpaired) electrons. The van der Waals surface area contributed by atoms with Crippen LogP contribution in [0.15, 0.2) is 22.2 Å². The van der Waals surface area contributed by atoms with Gasteiger partial charge in [0.05, 0.1) is 6.54 Å². The number of aromatic nitrogens is 2. The molecule has 20 heavy (non-hydrogen) atoms. The van der Waals surface area contributed by atoms with Crippen molar-refractivity contribution in [3.63, 3.8) is 0 Å². The Morgan fingerprint density at radius 1 is 1.45 bits per heavy atom. The number of nitrogens with one attached hydrogen (secondary N) is 2. The van der Waals surface area contributed by atoms with Gasteiger partial charge >= 0.3 is 0 Å². The summed E-state index contributed by atoms with van der Waals surface area (Å²) in [6, 6.07) is 0. The monoisotopic (exact) mass is 393 g/mol. The summed E-state index contributed by atoms with van der Waals surface area (Å²) in [7, 11) is 0. The predicted molar refractivity (Wildman–Crippen MR) is 91.7 cm³/mol. The number of rotatable bonds is 7. The molecule has 0 unspecified atom stereocenters. The van der Waals surface area contributed by atoms with E-state index in [2.05, 4.69) is 32.3 Å². The third-order valence-corrected chi connectivity index (χ3v) is 2.35. The maximum absolute atomic E-state index is 5.16. The van der Waals surface area contributed by atoms with Crippen LogP contribution in [0.5, 0.6) is 0 Å². The fourth-order valence-corrected chi connectivity index (χ4v) is 1.38. The Kier molecular flexibility index (Phi) is 10.0. The van der Waals surface area contributed by atoms with E-state index in [1.165, 1.54) is 0 Å². The predicted octanol–water partition coefficient (Wildman–Crippen LogP) is 2.09. The lowest BCUT2D eigenvalue weighted by molar-refractivity contribution is 0.372. The van der Waals surface area contributed by atoms with Gasteiger partial charge in [-0.2, -0.15) is 4.98 Å². The number of hydrogen-bond donors (Lipinski definition) is 2. The Morgan fingerprint density at radius 2 is 2.20 bits per heavy atom. The topological polar surface area (TPSA) is 75.3 Å². The lowest BCUT2D eigenvalue weighted by Crippen LogP contribution is -2.37. The van der Waals surface area contributed by atoms with Gasteiger partial charge < -0.3 is 15.2 Å². The highest BCUT2D eigenvalue weighted by molar-refractivity contribution is 14.0. The first-order valence-electron chi connectivity index (χ1n) is 6.62. The van der Waals surface area contributed by atoms with Crippen molar-refractivity contribution in [2.24, 2.45) is 4.99 Å². The normalized spacial score (nSPS) is 11.1. The van der Waals surface area contributed by atoms with Crippen molar-refractivity contribution in [2.45, 2.75) is 33.1 Å². The zero-order chi connectivity index (χ0) is 14.1. The van der Waals surface area contributed by atoms with Crippen molar-refractivity contribution >= 4 is 29.9 Å². The van der Waals surface area contributed by atoms with Crippen LogP contribution in [0.4, 0.5) is 0 Å². The molecule has 2 N–H and O–H groups in total. The second kappa shape index (κ2) is 10.6. The van der Waals surface area contributed by atoms with E-state index in [0.717, 1.165) is 18.3 Å². The van der Waals surface area contributed by atoms with Crippen LogP contribution < -0.4 is 10.6 Å². The molecular formula is C13H24IN5O. The number of aliphatic imine (C=N–C) groups is 1. The molecule has 0 aromatic carbocycles. The fraction of sp³-hybridized carbons (Fsp3) is 0.615. The Balaban J connectivity index is 0.00000361. The molecule has 0 aliphatic heterocycles. The van der Waals surface area contributed by atoms with Crippen LogP contribution in [0.3, 0.4) is 0 Å². The van der Waals surface area contributed by atoms with Crippen molar-refractivity contribution in [2.75, 3.05) is 19.6 Å². The quantitative estimate of drug-likeness (QED) is 0.321. The number of halogens is 1. The van der Waals surface area contributed by atoms with Crippen molar-refractivity contribution in [1.82, 2.24) is 20.8 Å². The van der Waals surface area contributed by atoms with Gasteiger partial charge in [-0.05, 0) is 6.92 Å². The van der Waals surface area contributed by atoms with E-state index in [-0.39, 0.29) is 29.9 Å². The molecule has 0 aliphatic rings. The molecule has 0 saturated carbocycles. The lowest BCUT2D eigenvalue weighted by atomic mass is 10.2. The minimum absolute atomic E-state index is 0. The molecule has 0 atom stereocenters. The first kappa shape index (κ1) is 18.9. The Morgan fingerprint density at radius 3 is 2.75 bits per heavy atom. The number of hydrogen-bond acceptors (Lipinski definition) is 4. The Hall–Kier alpha value is -1.12. The van der Waals surface area contributed by atoms with Gasteiger partial charge in [-0.1, -0.05) is 25.1 Å². The van der Waals surface area contributed by atoms with Crippen molar-refractivity contribution < 1.29 is 4.52 Å². The largest absolute Gasteiger partial charge is 0.357 e. The van der Waals surface area contributed by atoms with Crippen LogP contribution >= 0.6 is 24.0 Å². The standard InChI is InChI=1S/C13H23N5O.HI/c1-5-8-15-13(14-6-2)16-9-7-11-17-12(10(3)4)18-19-11;/h5,10H,1,6-9H2,2-4H3,(H2,14,15,16);1H. The molecule has 114 valence electrons. The van der Waals surface area contributed by atoms with E-state index in [4.69, 9.17) is 4.52 Å². The second-order valence-corrected chi connectivity index (χ2v) is 4.38.